The van der Waals surface area contributed by atoms with Crippen molar-refractivity contribution < 1.29 is 11.0 Å². The van der Waals surface area contributed by atoms with Crippen LogP contribution in [0.1, 0.15) is 21.7 Å². The number of ketones is 1. The Labute approximate surface area is 81.0 Å². The SMILES string of the molecule is C=CC.C=CC(=O)NCCC(C)=O.[HH]. The van der Waals surface area contributed by atoms with Crippen molar-refractivity contribution >= 4 is 11.7 Å². The molecule has 0 saturated heterocycles. The standard InChI is InChI=1S/C7H11NO2.C3H6.H2/c1-3-7(10)8-5-4-6(2)9;1-3-2;/h3H,1,4-5H2,2H3,(H,8,10);3H,1H2,2H3;1H. The van der Waals surface area contributed by atoms with Crippen LogP contribution in [-0.2, 0) is 9.59 Å². The summed E-state index contributed by atoms with van der Waals surface area (Å²) in [6, 6.07) is 0. The molecule has 0 radical (unpaired) electrons. The van der Waals surface area contributed by atoms with Gasteiger partial charge in [0.05, 0.1) is 0 Å². The van der Waals surface area contributed by atoms with E-state index in [2.05, 4.69) is 18.5 Å². The Morgan fingerprint density at radius 3 is 2.23 bits per heavy atom. The molecule has 0 heterocycles. The van der Waals surface area contributed by atoms with Gasteiger partial charge in [0.15, 0.2) is 0 Å². The van der Waals surface area contributed by atoms with Gasteiger partial charge in [-0.2, -0.15) is 0 Å². The highest BCUT2D eigenvalue weighted by Gasteiger charge is 1.94. The van der Waals surface area contributed by atoms with Crippen molar-refractivity contribution in [2.75, 3.05) is 6.54 Å². The van der Waals surface area contributed by atoms with Crippen molar-refractivity contribution in [2.24, 2.45) is 0 Å². The second-order valence-corrected chi connectivity index (χ2v) is 2.36. The molecule has 1 N–H and O–H groups in total. The largest absolute Gasteiger partial charge is 0.352 e. The molecule has 0 aliphatic heterocycles. The summed E-state index contributed by atoms with van der Waals surface area (Å²) in [5.74, 6) is -0.161. The number of carbonyl (C=O) groups excluding carboxylic acids is 2. The van der Waals surface area contributed by atoms with Gasteiger partial charge in [0.1, 0.15) is 5.78 Å². The summed E-state index contributed by atoms with van der Waals surface area (Å²) in [7, 11) is 0. The van der Waals surface area contributed by atoms with Crippen molar-refractivity contribution in [3.05, 3.63) is 25.3 Å². The number of amides is 1. The predicted molar refractivity (Wildman–Crippen MR) is 56.5 cm³/mol. The van der Waals surface area contributed by atoms with Gasteiger partial charge in [-0.05, 0) is 19.9 Å². The summed E-state index contributed by atoms with van der Waals surface area (Å²) in [5.41, 5.74) is 0. The average Bonchev–Trinajstić information content (AvgIpc) is 2.05. The molecule has 0 spiro atoms. The van der Waals surface area contributed by atoms with E-state index in [4.69, 9.17) is 0 Å². The summed E-state index contributed by atoms with van der Waals surface area (Å²) in [6.07, 6.45) is 3.32. The third-order valence-electron chi connectivity index (χ3n) is 0.962. The smallest absolute Gasteiger partial charge is 0.243 e. The second-order valence-electron chi connectivity index (χ2n) is 2.36. The van der Waals surface area contributed by atoms with Crippen LogP contribution >= 0.6 is 0 Å². The fourth-order valence-electron chi connectivity index (χ4n) is 0.434. The van der Waals surface area contributed by atoms with E-state index in [9.17, 15) is 9.59 Å². The van der Waals surface area contributed by atoms with E-state index in [0.717, 1.165) is 0 Å². The van der Waals surface area contributed by atoms with Gasteiger partial charge < -0.3 is 5.32 Å². The Balaban J connectivity index is -0.000000267. The van der Waals surface area contributed by atoms with Crippen LogP contribution in [0.25, 0.3) is 0 Å². The molecule has 0 unspecified atom stereocenters. The molecule has 0 aromatic rings. The molecule has 0 aromatic carbocycles. The van der Waals surface area contributed by atoms with Crippen molar-refractivity contribution in [3.8, 4) is 0 Å². The molecule has 0 rings (SSSR count). The highest BCUT2D eigenvalue weighted by Crippen LogP contribution is 1.77. The number of allylic oxidation sites excluding steroid dienone is 1. The van der Waals surface area contributed by atoms with Crippen molar-refractivity contribution in [2.45, 2.75) is 20.3 Å². The number of rotatable bonds is 4. The lowest BCUT2D eigenvalue weighted by Crippen LogP contribution is -2.23. The van der Waals surface area contributed by atoms with Crippen molar-refractivity contribution in [3.63, 3.8) is 0 Å². The third kappa shape index (κ3) is 18.0. The molecule has 3 nitrogen and oxygen atoms in total. The fourth-order valence-corrected chi connectivity index (χ4v) is 0.434. The van der Waals surface area contributed by atoms with E-state index in [-0.39, 0.29) is 13.1 Å². The maximum absolute atomic E-state index is 10.5. The summed E-state index contributed by atoms with van der Waals surface area (Å²) in [5, 5.41) is 2.49. The van der Waals surface area contributed by atoms with Crippen LogP contribution < -0.4 is 5.32 Å². The molecular weight excluding hydrogens is 166 g/mol. The van der Waals surface area contributed by atoms with Crippen LogP contribution in [0.2, 0.25) is 0 Å². The van der Waals surface area contributed by atoms with E-state index in [1.54, 1.807) is 6.08 Å². The van der Waals surface area contributed by atoms with Crippen molar-refractivity contribution in [1.29, 1.82) is 0 Å². The van der Waals surface area contributed by atoms with Gasteiger partial charge in [0.2, 0.25) is 5.91 Å². The van der Waals surface area contributed by atoms with E-state index >= 15 is 0 Å². The quantitative estimate of drug-likeness (QED) is 0.535. The summed E-state index contributed by atoms with van der Waals surface area (Å²) < 4.78 is 0. The van der Waals surface area contributed by atoms with Gasteiger partial charge in [-0.1, -0.05) is 12.7 Å². The molecule has 76 valence electrons. The number of Topliss-reactive ketones (excluding diaryl/α,β-unsaturated/α-hetero) is 1. The van der Waals surface area contributed by atoms with Gasteiger partial charge in [0.25, 0.3) is 0 Å². The highest BCUT2D eigenvalue weighted by molar-refractivity contribution is 5.87. The highest BCUT2D eigenvalue weighted by atomic mass is 16.1. The van der Waals surface area contributed by atoms with Gasteiger partial charge >= 0.3 is 0 Å². The molecule has 0 aliphatic carbocycles. The first-order chi connectivity index (χ1) is 6.08. The van der Waals surface area contributed by atoms with E-state index < -0.39 is 0 Å². The lowest BCUT2D eigenvalue weighted by molar-refractivity contribution is -0.117. The van der Waals surface area contributed by atoms with Crippen LogP contribution in [0.15, 0.2) is 25.3 Å². The van der Waals surface area contributed by atoms with Gasteiger partial charge in [-0.15, -0.1) is 6.58 Å². The maximum atomic E-state index is 10.5. The lowest BCUT2D eigenvalue weighted by atomic mass is 10.3. The van der Waals surface area contributed by atoms with Crippen LogP contribution in [0, 0.1) is 0 Å². The minimum atomic E-state index is -0.235. The molecule has 0 atom stereocenters. The van der Waals surface area contributed by atoms with Crippen molar-refractivity contribution in [1.82, 2.24) is 5.32 Å². The molecule has 0 fully saturated rings. The first-order valence-electron chi connectivity index (χ1n) is 4.05. The van der Waals surface area contributed by atoms with E-state index in [1.807, 2.05) is 6.92 Å². The van der Waals surface area contributed by atoms with Crippen LogP contribution in [0.4, 0.5) is 0 Å². The van der Waals surface area contributed by atoms with E-state index in [1.165, 1.54) is 13.0 Å². The Hall–Kier alpha value is -1.38. The molecule has 0 saturated carbocycles. The first-order valence-corrected chi connectivity index (χ1v) is 4.05. The number of hydrogen-bond donors (Lipinski definition) is 1. The number of carbonyl (C=O) groups is 2. The average molecular weight is 185 g/mol. The fraction of sp³-hybridized carbons (Fsp3) is 0.400. The molecule has 0 aliphatic rings. The predicted octanol–water partition coefficient (Wildman–Crippen LogP) is 1.71. The zero-order chi connectivity index (χ0) is 10.7. The lowest BCUT2D eigenvalue weighted by Gasteiger charge is -1.96. The summed E-state index contributed by atoms with van der Waals surface area (Å²) in [6.45, 7) is 10.4. The summed E-state index contributed by atoms with van der Waals surface area (Å²) >= 11 is 0. The Bertz CT molecular complexity index is 191. The van der Waals surface area contributed by atoms with Crippen LogP contribution in [-0.4, -0.2) is 18.2 Å². The van der Waals surface area contributed by atoms with Gasteiger partial charge in [0, 0.05) is 14.4 Å². The minimum Gasteiger partial charge on any atom is -0.352 e. The minimum absolute atomic E-state index is 0. The van der Waals surface area contributed by atoms with Crippen LogP contribution in [0.5, 0.6) is 0 Å². The zero-order valence-electron chi connectivity index (χ0n) is 8.30. The van der Waals surface area contributed by atoms with Gasteiger partial charge in [-0.3, -0.25) is 9.59 Å². The monoisotopic (exact) mass is 185 g/mol. The normalized spacial score (nSPS) is 7.54. The molecule has 0 bridgehead atoms. The molecule has 3 heteroatoms. The zero-order valence-corrected chi connectivity index (χ0v) is 8.30. The number of hydrogen-bond acceptors (Lipinski definition) is 2. The number of nitrogens with one attached hydrogen (secondary N) is 1. The molecular formula is C10H19NO2. The molecule has 13 heavy (non-hydrogen) atoms. The summed E-state index contributed by atoms with van der Waals surface area (Å²) in [4.78, 5) is 20.8. The Morgan fingerprint density at radius 1 is 1.46 bits per heavy atom. The maximum Gasteiger partial charge on any atom is 0.243 e. The molecule has 1 amide bonds. The first kappa shape index (κ1) is 14.2. The third-order valence-corrected chi connectivity index (χ3v) is 0.962. The van der Waals surface area contributed by atoms with E-state index in [0.29, 0.717) is 13.0 Å². The molecule has 0 aromatic heterocycles. The van der Waals surface area contributed by atoms with Gasteiger partial charge in [-0.25, -0.2) is 0 Å². The Kier molecular flexibility index (Phi) is 11.6. The topological polar surface area (TPSA) is 46.2 Å². The Morgan fingerprint density at radius 2 is 1.92 bits per heavy atom. The second kappa shape index (κ2) is 10.6. The van der Waals surface area contributed by atoms with Crippen LogP contribution in [0.3, 0.4) is 0 Å².